The molecule has 0 aliphatic heterocycles. The van der Waals surface area contributed by atoms with Crippen LogP contribution in [0.25, 0.3) is 0 Å². The van der Waals surface area contributed by atoms with Crippen molar-refractivity contribution in [3.8, 4) is 11.5 Å². The standard InChI is InChI=1S/C20H24N2O3/c1-4-19(15-5-9-17(23)10-6-15)21-22-20(24)16-7-11-18(12-8-16)25-13-14(2)3/h5-12,14,23H,4,13H2,1-3H3,(H,22,24)/b21-19+. The Labute approximate surface area is 148 Å². The number of hydrogen-bond donors (Lipinski definition) is 2. The second kappa shape index (κ2) is 8.87. The van der Waals surface area contributed by atoms with E-state index in [1.54, 1.807) is 48.5 Å². The fourth-order valence-corrected chi connectivity index (χ4v) is 2.15. The Morgan fingerprint density at radius 1 is 1.08 bits per heavy atom. The van der Waals surface area contributed by atoms with Crippen molar-refractivity contribution in [3.63, 3.8) is 0 Å². The average molecular weight is 340 g/mol. The van der Waals surface area contributed by atoms with E-state index in [-0.39, 0.29) is 11.7 Å². The van der Waals surface area contributed by atoms with E-state index in [1.807, 2.05) is 6.92 Å². The van der Waals surface area contributed by atoms with Gasteiger partial charge in [-0.25, -0.2) is 5.43 Å². The van der Waals surface area contributed by atoms with Gasteiger partial charge in [-0.3, -0.25) is 4.79 Å². The summed E-state index contributed by atoms with van der Waals surface area (Å²) in [6.07, 6.45) is 0.660. The molecule has 0 bridgehead atoms. The van der Waals surface area contributed by atoms with Crippen molar-refractivity contribution in [2.24, 2.45) is 11.0 Å². The molecule has 0 saturated carbocycles. The van der Waals surface area contributed by atoms with E-state index in [0.717, 1.165) is 17.0 Å². The number of hydrogen-bond acceptors (Lipinski definition) is 4. The van der Waals surface area contributed by atoms with E-state index in [2.05, 4.69) is 24.4 Å². The molecule has 0 heterocycles. The third kappa shape index (κ3) is 5.64. The summed E-state index contributed by atoms with van der Waals surface area (Å²) in [4.78, 5) is 12.2. The number of ether oxygens (including phenoxy) is 1. The Morgan fingerprint density at radius 3 is 2.24 bits per heavy atom. The monoisotopic (exact) mass is 340 g/mol. The zero-order valence-corrected chi connectivity index (χ0v) is 14.8. The van der Waals surface area contributed by atoms with Crippen molar-refractivity contribution in [2.45, 2.75) is 27.2 Å². The van der Waals surface area contributed by atoms with E-state index in [4.69, 9.17) is 4.74 Å². The molecular weight excluding hydrogens is 316 g/mol. The van der Waals surface area contributed by atoms with Crippen molar-refractivity contribution in [2.75, 3.05) is 6.61 Å². The van der Waals surface area contributed by atoms with Crippen LogP contribution in [0.5, 0.6) is 11.5 Å². The molecule has 0 aliphatic rings. The van der Waals surface area contributed by atoms with Crippen molar-refractivity contribution in [1.82, 2.24) is 5.43 Å². The van der Waals surface area contributed by atoms with Crippen LogP contribution >= 0.6 is 0 Å². The van der Waals surface area contributed by atoms with Gasteiger partial charge in [-0.1, -0.05) is 20.8 Å². The smallest absolute Gasteiger partial charge is 0.271 e. The minimum Gasteiger partial charge on any atom is -0.508 e. The molecule has 0 spiro atoms. The zero-order chi connectivity index (χ0) is 18.2. The number of amides is 1. The van der Waals surface area contributed by atoms with Gasteiger partial charge < -0.3 is 9.84 Å². The number of nitrogens with zero attached hydrogens (tertiary/aromatic N) is 1. The minimum atomic E-state index is -0.278. The highest BCUT2D eigenvalue weighted by Crippen LogP contribution is 2.14. The maximum atomic E-state index is 12.2. The number of phenols is 1. The number of carbonyl (C=O) groups is 1. The highest BCUT2D eigenvalue weighted by Gasteiger charge is 2.07. The van der Waals surface area contributed by atoms with Gasteiger partial charge in [0.1, 0.15) is 11.5 Å². The summed E-state index contributed by atoms with van der Waals surface area (Å²) in [7, 11) is 0. The maximum Gasteiger partial charge on any atom is 0.271 e. The summed E-state index contributed by atoms with van der Waals surface area (Å²) < 4.78 is 5.61. The van der Waals surface area contributed by atoms with E-state index >= 15 is 0 Å². The van der Waals surface area contributed by atoms with Crippen LogP contribution in [0.4, 0.5) is 0 Å². The molecule has 2 rings (SSSR count). The number of benzene rings is 2. The normalized spacial score (nSPS) is 11.4. The molecule has 0 saturated heterocycles. The topological polar surface area (TPSA) is 70.9 Å². The molecule has 2 aromatic rings. The van der Waals surface area contributed by atoms with Crippen LogP contribution < -0.4 is 10.2 Å². The number of phenolic OH excluding ortho intramolecular Hbond substituents is 1. The van der Waals surface area contributed by atoms with Crippen molar-refractivity contribution >= 4 is 11.6 Å². The number of rotatable bonds is 7. The summed E-state index contributed by atoms with van der Waals surface area (Å²) in [5.41, 5.74) is 4.69. The van der Waals surface area contributed by atoms with Gasteiger partial charge in [0.15, 0.2) is 0 Å². The van der Waals surface area contributed by atoms with Crippen molar-refractivity contribution in [3.05, 3.63) is 59.7 Å². The second-order valence-electron chi connectivity index (χ2n) is 6.13. The SMILES string of the molecule is CC/C(=N\NC(=O)c1ccc(OCC(C)C)cc1)c1ccc(O)cc1. The molecule has 2 N–H and O–H groups in total. The molecule has 1 amide bonds. The highest BCUT2D eigenvalue weighted by molar-refractivity contribution is 6.02. The Morgan fingerprint density at radius 2 is 1.68 bits per heavy atom. The van der Waals surface area contributed by atoms with Gasteiger partial charge in [0, 0.05) is 5.56 Å². The van der Waals surface area contributed by atoms with Gasteiger partial charge in [0.25, 0.3) is 5.91 Å². The molecule has 5 heteroatoms. The van der Waals surface area contributed by atoms with Crippen molar-refractivity contribution in [1.29, 1.82) is 0 Å². The predicted octanol–water partition coefficient (Wildman–Crippen LogP) is 3.97. The molecule has 0 aromatic heterocycles. The minimum absolute atomic E-state index is 0.197. The van der Waals surface area contributed by atoms with Crippen LogP contribution in [0.3, 0.4) is 0 Å². The first-order valence-electron chi connectivity index (χ1n) is 8.38. The third-order valence-electron chi connectivity index (χ3n) is 3.53. The Kier molecular flexibility index (Phi) is 6.57. The van der Waals surface area contributed by atoms with Gasteiger partial charge in [-0.15, -0.1) is 0 Å². The van der Waals surface area contributed by atoms with Crippen LogP contribution in [0.2, 0.25) is 0 Å². The largest absolute Gasteiger partial charge is 0.508 e. The number of nitrogens with one attached hydrogen (secondary N) is 1. The highest BCUT2D eigenvalue weighted by atomic mass is 16.5. The lowest BCUT2D eigenvalue weighted by molar-refractivity contribution is 0.0954. The van der Waals surface area contributed by atoms with Gasteiger partial charge in [-0.05, 0) is 66.4 Å². The van der Waals surface area contributed by atoms with Crippen LogP contribution in [-0.2, 0) is 0 Å². The van der Waals surface area contributed by atoms with Crippen LogP contribution in [0, 0.1) is 5.92 Å². The van der Waals surface area contributed by atoms with E-state index in [1.165, 1.54) is 0 Å². The lowest BCUT2D eigenvalue weighted by Crippen LogP contribution is -2.20. The molecule has 0 radical (unpaired) electrons. The molecule has 25 heavy (non-hydrogen) atoms. The van der Waals surface area contributed by atoms with Crippen LogP contribution in [0.1, 0.15) is 43.1 Å². The Bertz CT molecular complexity index is 720. The van der Waals surface area contributed by atoms with Gasteiger partial charge in [0.2, 0.25) is 0 Å². The fraction of sp³-hybridized carbons (Fsp3) is 0.300. The van der Waals surface area contributed by atoms with E-state index in [0.29, 0.717) is 24.5 Å². The number of aromatic hydroxyl groups is 1. The van der Waals surface area contributed by atoms with Gasteiger partial charge >= 0.3 is 0 Å². The van der Waals surface area contributed by atoms with E-state index in [9.17, 15) is 9.90 Å². The van der Waals surface area contributed by atoms with Gasteiger partial charge in [0.05, 0.1) is 12.3 Å². The molecule has 132 valence electrons. The molecule has 2 aromatic carbocycles. The number of hydrazone groups is 1. The quantitative estimate of drug-likeness (QED) is 0.592. The lowest BCUT2D eigenvalue weighted by Gasteiger charge is -2.09. The number of carbonyl (C=O) groups excluding carboxylic acids is 1. The second-order valence-corrected chi connectivity index (χ2v) is 6.13. The van der Waals surface area contributed by atoms with Crippen LogP contribution in [-0.4, -0.2) is 23.3 Å². The predicted molar refractivity (Wildman–Crippen MR) is 99.2 cm³/mol. The molecule has 0 aliphatic carbocycles. The average Bonchev–Trinajstić information content (AvgIpc) is 2.62. The molecule has 5 nitrogen and oxygen atoms in total. The third-order valence-corrected chi connectivity index (χ3v) is 3.53. The zero-order valence-electron chi connectivity index (χ0n) is 14.8. The summed E-state index contributed by atoms with van der Waals surface area (Å²) >= 11 is 0. The van der Waals surface area contributed by atoms with E-state index < -0.39 is 0 Å². The maximum absolute atomic E-state index is 12.2. The first kappa shape index (κ1) is 18.5. The Hall–Kier alpha value is -2.82. The molecule has 0 atom stereocenters. The molecule has 0 fully saturated rings. The summed E-state index contributed by atoms with van der Waals surface area (Å²) in [5, 5.41) is 13.6. The fourth-order valence-electron chi connectivity index (χ4n) is 2.15. The summed E-state index contributed by atoms with van der Waals surface area (Å²) in [5.74, 6) is 1.11. The molecule has 0 unspecified atom stereocenters. The van der Waals surface area contributed by atoms with Crippen molar-refractivity contribution < 1.29 is 14.6 Å². The van der Waals surface area contributed by atoms with Crippen LogP contribution in [0.15, 0.2) is 53.6 Å². The van der Waals surface area contributed by atoms with Gasteiger partial charge in [-0.2, -0.15) is 5.10 Å². The molecular formula is C20H24N2O3. The summed E-state index contributed by atoms with van der Waals surface area (Å²) in [6, 6.07) is 13.7. The summed E-state index contributed by atoms with van der Waals surface area (Å²) in [6.45, 7) is 6.76. The first-order chi connectivity index (χ1) is 12.0. The lowest BCUT2D eigenvalue weighted by atomic mass is 10.1. The Balaban J connectivity index is 2.01. The first-order valence-corrected chi connectivity index (χ1v) is 8.38.